The van der Waals surface area contributed by atoms with Gasteiger partial charge in [0.2, 0.25) is 5.91 Å². The first-order valence-electron chi connectivity index (χ1n) is 9.16. The van der Waals surface area contributed by atoms with Crippen molar-refractivity contribution in [2.24, 2.45) is 7.05 Å². The predicted molar refractivity (Wildman–Crippen MR) is 107 cm³/mol. The van der Waals surface area contributed by atoms with E-state index in [0.717, 1.165) is 11.1 Å². The lowest BCUT2D eigenvalue weighted by Gasteiger charge is -2.23. The minimum absolute atomic E-state index is 0.213. The Morgan fingerprint density at radius 2 is 1.86 bits per heavy atom. The Labute approximate surface area is 165 Å². The van der Waals surface area contributed by atoms with Crippen LogP contribution in [0, 0.1) is 0 Å². The van der Waals surface area contributed by atoms with Crippen LogP contribution in [0.25, 0.3) is 0 Å². The van der Waals surface area contributed by atoms with Crippen LogP contribution in [0.1, 0.15) is 29.9 Å². The highest BCUT2D eigenvalue weighted by atomic mass is 16.5. The van der Waals surface area contributed by atoms with Crippen LogP contribution in [0.2, 0.25) is 0 Å². The van der Waals surface area contributed by atoms with Crippen molar-refractivity contribution in [3.63, 3.8) is 0 Å². The summed E-state index contributed by atoms with van der Waals surface area (Å²) < 4.78 is 13.1. The van der Waals surface area contributed by atoms with Crippen molar-refractivity contribution < 1.29 is 14.3 Å². The number of aromatic nitrogens is 2. The summed E-state index contributed by atoms with van der Waals surface area (Å²) in [4.78, 5) is 17.3. The molecule has 1 heterocycles. The van der Waals surface area contributed by atoms with Crippen LogP contribution in [0.3, 0.4) is 0 Å². The molecular weight excluding hydrogens is 354 g/mol. The number of methoxy groups -OCH3 is 1. The van der Waals surface area contributed by atoms with Gasteiger partial charge < -0.3 is 19.4 Å². The van der Waals surface area contributed by atoms with Gasteiger partial charge in [0.1, 0.15) is 23.7 Å². The molecule has 2 aromatic carbocycles. The molecule has 6 nitrogen and oxygen atoms in total. The summed E-state index contributed by atoms with van der Waals surface area (Å²) in [5.41, 5.74) is 1.86. The molecule has 0 aliphatic heterocycles. The molecule has 0 bridgehead atoms. The molecule has 0 aliphatic rings. The molecule has 1 N–H and O–H groups in total. The maximum atomic E-state index is 12.8. The van der Waals surface area contributed by atoms with E-state index in [4.69, 9.17) is 9.47 Å². The molecule has 0 saturated carbocycles. The highest BCUT2D eigenvalue weighted by Gasteiger charge is 2.26. The number of aryl methyl sites for hydroxylation is 1. The molecule has 28 heavy (non-hydrogen) atoms. The summed E-state index contributed by atoms with van der Waals surface area (Å²) in [6.07, 6.45) is 2.94. The van der Waals surface area contributed by atoms with Crippen LogP contribution >= 0.6 is 0 Å². The number of hydrogen-bond donors (Lipinski definition) is 1. The zero-order chi connectivity index (χ0) is 19.9. The molecule has 3 aromatic rings. The fourth-order valence-electron chi connectivity index (χ4n) is 2.97. The van der Waals surface area contributed by atoms with E-state index < -0.39 is 12.1 Å². The molecule has 0 saturated heterocycles. The van der Waals surface area contributed by atoms with Gasteiger partial charge in [0.25, 0.3) is 0 Å². The number of ether oxygens (including phenoxy) is 2. The lowest BCUT2D eigenvalue weighted by molar-refractivity contribution is -0.133. The Hall–Kier alpha value is -3.12. The molecule has 0 radical (unpaired) electrons. The van der Waals surface area contributed by atoms with Crippen LogP contribution in [0.15, 0.2) is 67.0 Å². The van der Waals surface area contributed by atoms with E-state index in [2.05, 4.69) is 10.3 Å². The smallest absolute Gasteiger partial charge is 0.249 e. The second-order valence-corrected chi connectivity index (χ2v) is 6.52. The second kappa shape index (κ2) is 9.19. The van der Waals surface area contributed by atoms with Crippen molar-refractivity contribution >= 4 is 5.91 Å². The SMILES string of the molecule is COc1ccccc1C(NC(=O)C(C)OCc1ccccc1)c1nccn1C. The number of para-hydroxylation sites is 1. The molecule has 0 spiro atoms. The van der Waals surface area contributed by atoms with Crippen LogP contribution in [-0.2, 0) is 23.2 Å². The Kier molecular flexibility index (Phi) is 6.45. The first-order chi connectivity index (χ1) is 13.6. The number of rotatable bonds is 8. The minimum atomic E-state index is -0.613. The van der Waals surface area contributed by atoms with Crippen molar-refractivity contribution in [1.29, 1.82) is 0 Å². The lowest BCUT2D eigenvalue weighted by Crippen LogP contribution is -2.38. The molecule has 6 heteroatoms. The third-order valence-corrected chi connectivity index (χ3v) is 4.57. The number of imidazole rings is 1. The van der Waals surface area contributed by atoms with E-state index >= 15 is 0 Å². The average Bonchev–Trinajstić information content (AvgIpc) is 3.16. The lowest BCUT2D eigenvalue weighted by atomic mass is 10.0. The Morgan fingerprint density at radius 3 is 2.54 bits per heavy atom. The quantitative estimate of drug-likeness (QED) is 0.653. The van der Waals surface area contributed by atoms with Gasteiger partial charge in [0, 0.05) is 25.0 Å². The minimum Gasteiger partial charge on any atom is -0.496 e. The maximum absolute atomic E-state index is 12.8. The van der Waals surface area contributed by atoms with E-state index in [1.54, 1.807) is 20.2 Å². The predicted octanol–water partition coefficient (Wildman–Crippen LogP) is 3.24. The van der Waals surface area contributed by atoms with Crippen LogP contribution in [0.5, 0.6) is 5.75 Å². The molecule has 3 rings (SSSR count). The third-order valence-electron chi connectivity index (χ3n) is 4.57. The van der Waals surface area contributed by atoms with Crippen molar-refractivity contribution in [3.05, 3.63) is 83.9 Å². The van der Waals surface area contributed by atoms with E-state index in [-0.39, 0.29) is 5.91 Å². The second-order valence-electron chi connectivity index (χ2n) is 6.52. The maximum Gasteiger partial charge on any atom is 0.249 e. The molecule has 1 amide bonds. The van der Waals surface area contributed by atoms with Crippen molar-refractivity contribution in [1.82, 2.24) is 14.9 Å². The fourth-order valence-corrected chi connectivity index (χ4v) is 2.97. The number of benzene rings is 2. The van der Waals surface area contributed by atoms with Crippen molar-refractivity contribution in [2.75, 3.05) is 7.11 Å². The fraction of sp³-hybridized carbons (Fsp3) is 0.273. The van der Waals surface area contributed by atoms with Gasteiger partial charge in [-0.05, 0) is 18.6 Å². The van der Waals surface area contributed by atoms with E-state index in [1.165, 1.54) is 0 Å². The highest BCUT2D eigenvalue weighted by Crippen LogP contribution is 2.29. The molecule has 0 aliphatic carbocycles. The van der Waals surface area contributed by atoms with Crippen LogP contribution in [-0.4, -0.2) is 28.7 Å². The number of hydrogen-bond acceptors (Lipinski definition) is 4. The summed E-state index contributed by atoms with van der Waals surface area (Å²) in [5, 5.41) is 3.06. The summed E-state index contributed by atoms with van der Waals surface area (Å²) in [7, 11) is 3.51. The molecule has 146 valence electrons. The molecule has 2 unspecified atom stereocenters. The van der Waals surface area contributed by atoms with Gasteiger partial charge in [-0.15, -0.1) is 0 Å². The Morgan fingerprint density at radius 1 is 1.14 bits per heavy atom. The van der Waals surface area contributed by atoms with E-state index in [0.29, 0.717) is 18.2 Å². The van der Waals surface area contributed by atoms with Gasteiger partial charge in [-0.2, -0.15) is 0 Å². The summed E-state index contributed by atoms with van der Waals surface area (Å²) in [5.74, 6) is 1.19. The molecule has 1 aromatic heterocycles. The third kappa shape index (κ3) is 4.58. The highest BCUT2D eigenvalue weighted by molar-refractivity contribution is 5.81. The van der Waals surface area contributed by atoms with E-state index in [1.807, 2.05) is 72.4 Å². The van der Waals surface area contributed by atoms with Gasteiger partial charge in [0.15, 0.2) is 0 Å². The Bertz CT molecular complexity index is 908. The number of carbonyl (C=O) groups excluding carboxylic acids is 1. The van der Waals surface area contributed by atoms with Gasteiger partial charge in [-0.1, -0.05) is 48.5 Å². The van der Waals surface area contributed by atoms with Crippen molar-refractivity contribution in [3.8, 4) is 5.75 Å². The monoisotopic (exact) mass is 379 g/mol. The number of nitrogens with zero attached hydrogens (tertiary/aromatic N) is 2. The van der Waals surface area contributed by atoms with E-state index in [9.17, 15) is 4.79 Å². The largest absolute Gasteiger partial charge is 0.496 e. The summed E-state index contributed by atoms with van der Waals surface area (Å²) in [6, 6.07) is 16.9. The van der Waals surface area contributed by atoms with Crippen molar-refractivity contribution in [2.45, 2.75) is 25.7 Å². The Balaban J connectivity index is 1.77. The van der Waals surface area contributed by atoms with Crippen LogP contribution in [0.4, 0.5) is 0 Å². The zero-order valence-electron chi connectivity index (χ0n) is 16.3. The van der Waals surface area contributed by atoms with Gasteiger partial charge in [-0.25, -0.2) is 4.98 Å². The van der Waals surface area contributed by atoms with Crippen LogP contribution < -0.4 is 10.1 Å². The standard InChI is InChI=1S/C22H25N3O3/c1-16(28-15-17-9-5-4-6-10-17)22(26)24-20(21-23-13-14-25(21)2)18-11-7-8-12-19(18)27-3/h4-14,16,20H,15H2,1-3H3,(H,24,26). The molecule has 0 fully saturated rings. The van der Waals surface area contributed by atoms with Gasteiger partial charge in [0.05, 0.1) is 13.7 Å². The first kappa shape index (κ1) is 19.6. The average molecular weight is 379 g/mol. The number of carbonyl (C=O) groups is 1. The number of nitrogens with one attached hydrogen (secondary N) is 1. The van der Waals surface area contributed by atoms with Gasteiger partial charge >= 0.3 is 0 Å². The molecular formula is C22H25N3O3. The van der Waals surface area contributed by atoms with Gasteiger partial charge in [-0.3, -0.25) is 4.79 Å². The summed E-state index contributed by atoms with van der Waals surface area (Å²) >= 11 is 0. The zero-order valence-corrected chi connectivity index (χ0v) is 16.3. The topological polar surface area (TPSA) is 65.4 Å². The molecule has 2 atom stereocenters. The first-order valence-corrected chi connectivity index (χ1v) is 9.16. The summed E-state index contributed by atoms with van der Waals surface area (Å²) in [6.45, 7) is 2.12. The normalized spacial score (nSPS) is 13.0. The number of amides is 1.